The van der Waals surface area contributed by atoms with E-state index in [0.29, 0.717) is 34.5 Å². The van der Waals surface area contributed by atoms with E-state index in [9.17, 15) is 4.79 Å². The van der Waals surface area contributed by atoms with E-state index in [4.69, 9.17) is 16.3 Å². The molecule has 0 aliphatic rings. The summed E-state index contributed by atoms with van der Waals surface area (Å²) in [5, 5.41) is 17.7. The number of rotatable bonds is 11. The van der Waals surface area contributed by atoms with Crippen molar-refractivity contribution in [3.05, 3.63) is 89.5 Å². The molecule has 0 bridgehead atoms. The number of carbonyl (C=O) groups is 1. The van der Waals surface area contributed by atoms with Crippen LogP contribution in [0, 0.1) is 0 Å². The van der Waals surface area contributed by atoms with Crippen molar-refractivity contribution in [3.8, 4) is 17.1 Å². The highest BCUT2D eigenvalue weighted by Crippen LogP contribution is 2.39. The summed E-state index contributed by atoms with van der Waals surface area (Å²) in [5.74, 6) is 1.04. The molecule has 1 aromatic heterocycles. The van der Waals surface area contributed by atoms with Crippen LogP contribution in [0.25, 0.3) is 11.4 Å². The second-order valence-corrected chi connectivity index (χ2v) is 9.41. The molecule has 1 amide bonds. The van der Waals surface area contributed by atoms with Gasteiger partial charge in [-0.2, -0.15) is 0 Å². The SMILES string of the molecule is CCCC/C=C/COc1ccc(C(=O)Nc2cc(Cl)ccc2Sc2ccccc2-c2nnn[nH]2)cc1. The Labute approximate surface area is 219 Å². The number of H-pyrrole nitrogens is 1. The molecule has 1 heterocycles. The lowest BCUT2D eigenvalue weighted by atomic mass is 10.2. The molecule has 0 spiro atoms. The Hall–Kier alpha value is -3.62. The first-order chi connectivity index (χ1) is 17.6. The molecule has 0 fully saturated rings. The molecule has 2 N–H and O–H groups in total. The largest absolute Gasteiger partial charge is 0.490 e. The van der Waals surface area contributed by atoms with Gasteiger partial charge in [-0.3, -0.25) is 4.79 Å². The van der Waals surface area contributed by atoms with Gasteiger partial charge in [-0.1, -0.05) is 67.4 Å². The number of anilines is 1. The Morgan fingerprint density at radius 3 is 2.69 bits per heavy atom. The molecule has 0 saturated carbocycles. The van der Waals surface area contributed by atoms with Crippen LogP contribution in [0.1, 0.15) is 36.5 Å². The van der Waals surface area contributed by atoms with Crippen LogP contribution < -0.4 is 10.1 Å². The van der Waals surface area contributed by atoms with E-state index in [2.05, 4.69) is 38.9 Å². The Morgan fingerprint density at radius 1 is 1.08 bits per heavy atom. The molecule has 0 aliphatic heterocycles. The van der Waals surface area contributed by atoms with Crippen molar-refractivity contribution in [1.29, 1.82) is 0 Å². The van der Waals surface area contributed by atoms with Gasteiger partial charge >= 0.3 is 0 Å². The van der Waals surface area contributed by atoms with Gasteiger partial charge in [-0.25, -0.2) is 5.10 Å². The molecule has 4 aromatic rings. The van der Waals surface area contributed by atoms with E-state index in [1.54, 1.807) is 36.4 Å². The van der Waals surface area contributed by atoms with Crippen LogP contribution in [-0.4, -0.2) is 33.1 Å². The topological polar surface area (TPSA) is 92.8 Å². The standard InChI is InChI=1S/C27H26ClN5O2S/c1-2-3-4-5-8-17-35-21-14-11-19(12-15-21)27(34)29-23-18-20(28)13-16-25(23)36-24-10-7-6-9-22(24)26-30-32-33-31-26/h5-16,18H,2-4,17H2,1H3,(H,29,34)(H,30,31,32,33)/b8-5+. The predicted octanol–water partition coefficient (Wildman–Crippen LogP) is 7.05. The summed E-state index contributed by atoms with van der Waals surface area (Å²) in [4.78, 5) is 14.8. The highest BCUT2D eigenvalue weighted by Gasteiger charge is 2.14. The molecule has 0 radical (unpaired) electrons. The second-order valence-electron chi connectivity index (χ2n) is 7.89. The van der Waals surface area contributed by atoms with Crippen LogP contribution in [0.5, 0.6) is 5.75 Å². The quantitative estimate of drug-likeness (QED) is 0.163. The molecule has 36 heavy (non-hydrogen) atoms. The zero-order valence-electron chi connectivity index (χ0n) is 19.8. The van der Waals surface area contributed by atoms with Crippen LogP contribution in [0.15, 0.2) is 88.7 Å². The summed E-state index contributed by atoms with van der Waals surface area (Å²) in [6.45, 7) is 2.68. The van der Waals surface area contributed by atoms with Crippen molar-refractivity contribution in [1.82, 2.24) is 20.6 Å². The lowest BCUT2D eigenvalue weighted by molar-refractivity contribution is 0.102. The number of nitrogens with one attached hydrogen (secondary N) is 2. The average molecular weight is 520 g/mol. The first kappa shape index (κ1) is 25.5. The fraction of sp³-hybridized carbons (Fsp3) is 0.185. The summed E-state index contributed by atoms with van der Waals surface area (Å²) in [6.07, 6.45) is 7.57. The van der Waals surface area contributed by atoms with Crippen molar-refractivity contribution in [3.63, 3.8) is 0 Å². The maximum atomic E-state index is 13.0. The molecular formula is C27H26ClN5O2S. The normalized spacial score (nSPS) is 11.1. The van der Waals surface area contributed by atoms with E-state index in [-0.39, 0.29) is 5.91 Å². The lowest BCUT2D eigenvalue weighted by Crippen LogP contribution is -2.12. The van der Waals surface area contributed by atoms with Crippen molar-refractivity contribution < 1.29 is 9.53 Å². The van der Waals surface area contributed by atoms with Crippen LogP contribution in [0.2, 0.25) is 5.02 Å². The zero-order valence-corrected chi connectivity index (χ0v) is 21.4. The van der Waals surface area contributed by atoms with Gasteiger partial charge in [-0.05, 0) is 71.4 Å². The third-order valence-electron chi connectivity index (χ3n) is 5.25. The van der Waals surface area contributed by atoms with E-state index in [1.807, 2.05) is 36.4 Å². The van der Waals surface area contributed by atoms with Gasteiger partial charge in [0, 0.05) is 25.9 Å². The predicted molar refractivity (Wildman–Crippen MR) is 144 cm³/mol. The van der Waals surface area contributed by atoms with Gasteiger partial charge in [0.05, 0.1) is 5.69 Å². The number of aromatic nitrogens is 4. The third-order valence-corrected chi connectivity index (χ3v) is 6.64. The molecular weight excluding hydrogens is 494 g/mol. The Balaban J connectivity index is 1.45. The number of carbonyl (C=O) groups excluding carboxylic acids is 1. The van der Waals surface area contributed by atoms with Gasteiger partial charge < -0.3 is 10.1 Å². The third kappa shape index (κ3) is 6.96. The smallest absolute Gasteiger partial charge is 0.255 e. The Bertz CT molecular complexity index is 1310. The Morgan fingerprint density at radius 2 is 1.92 bits per heavy atom. The van der Waals surface area contributed by atoms with Crippen molar-refractivity contribution in [2.24, 2.45) is 0 Å². The highest BCUT2D eigenvalue weighted by atomic mass is 35.5. The Kier molecular flexibility index (Phi) is 9.13. The molecule has 0 unspecified atom stereocenters. The number of halogens is 1. The number of hydrogen-bond acceptors (Lipinski definition) is 6. The van der Waals surface area contributed by atoms with Crippen molar-refractivity contribution >= 4 is 35.0 Å². The number of hydrogen-bond donors (Lipinski definition) is 2. The fourth-order valence-electron chi connectivity index (χ4n) is 3.38. The number of allylic oxidation sites excluding steroid dienone is 1. The molecule has 4 rings (SSSR count). The van der Waals surface area contributed by atoms with Gasteiger partial charge in [0.15, 0.2) is 5.82 Å². The first-order valence-corrected chi connectivity index (χ1v) is 12.8. The summed E-state index contributed by atoms with van der Waals surface area (Å²) in [5.41, 5.74) is 1.99. The first-order valence-electron chi connectivity index (χ1n) is 11.6. The van der Waals surface area contributed by atoms with E-state index in [0.717, 1.165) is 21.8 Å². The van der Waals surface area contributed by atoms with Gasteiger partial charge in [-0.15, -0.1) is 5.10 Å². The highest BCUT2D eigenvalue weighted by molar-refractivity contribution is 7.99. The molecule has 0 saturated heterocycles. The van der Waals surface area contributed by atoms with Crippen molar-refractivity contribution in [2.75, 3.05) is 11.9 Å². The number of aromatic amines is 1. The zero-order chi connectivity index (χ0) is 25.2. The number of unbranched alkanes of at least 4 members (excludes halogenated alkanes) is 2. The number of nitrogens with zero attached hydrogens (tertiary/aromatic N) is 3. The minimum atomic E-state index is -0.238. The second kappa shape index (κ2) is 12.9. The minimum absolute atomic E-state index is 0.238. The number of ether oxygens (including phenoxy) is 1. The summed E-state index contributed by atoms with van der Waals surface area (Å²) >= 11 is 7.74. The number of tetrazole rings is 1. The number of amides is 1. The van der Waals surface area contributed by atoms with Crippen LogP contribution >= 0.6 is 23.4 Å². The summed E-state index contributed by atoms with van der Waals surface area (Å²) in [7, 11) is 0. The van der Waals surface area contributed by atoms with Gasteiger partial charge in [0.25, 0.3) is 5.91 Å². The lowest BCUT2D eigenvalue weighted by Gasteiger charge is -2.13. The molecule has 7 nitrogen and oxygen atoms in total. The van der Waals surface area contributed by atoms with Crippen molar-refractivity contribution in [2.45, 2.75) is 36.0 Å². The molecule has 0 atom stereocenters. The molecule has 9 heteroatoms. The van der Waals surface area contributed by atoms with E-state index < -0.39 is 0 Å². The van der Waals surface area contributed by atoms with E-state index in [1.165, 1.54) is 24.6 Å². The monoisotopic (exact) mass is 519 g/mol. The minimum Gasteiger partial charge on any atom is -0.490 e. The van der Waals surface area contributed by atoms with Gasteiger partial charge in [0.1, 0.15) is 12.4 Å². The number of benzene rings is 3. The maximum Gasteiger partial charge on any atom is 0.255 e. The summed E-state index contributed by atoms with van der Waals surface area (Å²) in [6, 6.07) is 20.3. The van der Waals surface area contributed by atoms with Crippen LogP contribution in [-0.2, 0) is 0 Å². The molecule has 0 aliphatic carbocycles. The van der Waals surface area contributed by atoms with Crippen LogP contribution in [0.3, 0.4) is 0 Å². The molecule has 184 valence electrons. The fourth-order valence-corrected chi connectivity index (χ4v) is 4.57. The summed E-state index contributed by atoms with van der Waals surface area (Å²) < 4.78 is 5.73. The van der Waals surface area contributed by atoms with Gasteiger partial charge in [0.2, 0.25) is 0 Å². The van der Waals surface area contributed by atoms with E-state index >= 15 is 0 Å². The van der Waals surface area contributed by atoms with Crippen LogP contribution in [0.4, 0.5) is 5.69 Å². The average Bonchev–Trinajstić information content (AvgIpc) is 3.43. The maximum absolute atomic E-state index is 13.0. The molecule has 3 aromatic carbocycles.